The fraction of sp³-hybridized carbons (Fsp3) is 0.300. The predicted molar refractivity (Wildman–Crippen MR) is 149 cm³/mol. The third-order valence-electron chi connectivity index (χ3n) is 5.56. The highest BCUT2D eigenvalue weighted by Gasteiger charge is 2.27. The maximum absolute atomic E-state index is 13.6. The van der Waals surface area contributed by atoms with Gasteiger partial charge in [-0.25, -0.2) is 18.9 Å². The van der Waals surface area contributed by atoms with Crippen LogP contribution in [0, 0.1) is 0 Å². The molecule has 218 valence electrons. The van der Waals surface area contributed by atoms with Gasteiger partial charge >= 0.3 is 25.7 Å². The van der Waals surface area contributed by atoms with Crippen molar-refractivity contribution in [1.82, 2.24) is 0 Å². The van der Waals surface area contributed by atoms with Crippen LogP contribution in [0.2, 0.25) is 0 Å². The standard InChI is InChI=1S/C30H33O10P/c1-4-35-28(31)25-13-7-22(8-14-25)19-38-41(34,39-20-23-9-15-26(16-10-23)29(32)36-5-2)40-21-24-11-17-27(18-12-24)30(33)37-6-3/h7-18H,4-6,19-21H2,1-3H3. The Balaban J connectivity index is 1.69. The van der Waals surface area contributed by atoms with E-state index in [1.807, 2.05) is 0 Å². The van der Waals surface area contributed by atoms with Gasteiger partial charge in [-0.3, -0.25) is 13.6 Å². The molecule has 0 N–H and O–H groups in total. The number of ether oxygens (including phenoxy) is 3. The van der Waals surface area contributed by atoms with E-state index in [2.05, 4.69) is 0 Å². The first kappa shape index (κ1) is 31.7. The van der Waals surface area contributed by atoms with Gasteiger partial charge in [-0.2, -0.15) is 0 Å². The van der Waals surface area contributed by atoms with Crippen molar-refractivity contribution in [3.05, 3.63) is 106 Å². The molecule has 0 heterocycles. The van der Waals surface area contributed by atoms with Crippen LogP contribution in [0.4, 0.5) is 0 Å². The quantitative estimate of drug-likeness (QED) is 0.115. The van der Waals surface area contributed by atoms with Crippen molar-refractivity contribution in [2.24, 2.45) is 0 Å². The van der Waals surface area contributed by atoms with Crippen LogP contribution in [0.15, 0.2) is 72.8 Å². The van der Waals surface area contributed by atoms with Crippen molar-refractivity contribution < 1.29 is 46.7 Å². The first-order valence-corrected chi connectivity index (χ1v) is 14.5. The van der Waals surface area contributed by atoms with Crippen LogP contribution in [0.5, 0.6) is 0 Å². The van der Waals surface area contributed by atoms with Crippen molar-refractivity contribution in [3.63, 3.8) is 0 Å². The number of hydrogen-bond donors (Lipinski definition) is 0. The number of rotatable bonds is 15. The molecule has 0 fully saturated rings. The zero-order chi connectivity index (χ0) is 29.7. The topological polar surface area (TPSA) is 124 Å². The van der Waals surface area contributed by atoms with Crippen LogP contribution in [0.1, 0.15) is 68.5 Å². The lowest BCUT2D eigenvalue weighted by Crippen LogP contribution is -2.06. The van der Waals surface area contributed by atoms with Gasteiger partial charge in [-0.15, -0.1) is 0 Å². The van der Waals surface area contributed by atoms with Gasteiger partial charge in [-0.1, -0.05) is 36.4 Å². The molecule has 0 bridgehead atoms. The third kappa shape index (κ3) is 9.95. The number of phosphoric ester groups is 1. The van der Waals surface area contributed by atoms with Gasteiger partial charge in [0.25, 0.3) is 0 Å². The van der Waals surface area contributed by atoms with Crippen LogP contribution in [0.25, 0.3) is 0 Å². The van der Waals surface area contributed by atoms with E-state index in [1.165, 1.54) is 0 Å². The summed E-state index contributed by atoms with van der Waals surface area (Å²) in [6, 6.07) is 19.4. The minimum Gasteiger partial charge on any atom is -0.462 e. The number of phosphoric acid groups is 1. The Morgan fingerprint density at radius 3 is 0.951 bits per heavy atom. The Hall–Kier alpha value is -3.82. The summed E-state index contributed by atoms with van der Waals surface area (Å²) < 4.78 is 45.5. The second-order valence-electron chi connectivity index (χ2n) is 8.52. The minimum atomic E-state index is -4.12. The fourth-order valence-electron chi connectivity index (χ4n) is 3.43. The molecule has 3 aromatic carbocycles. The molecule has 3 rings (SSSR count). The highest BCUT2D eigenvalue weighted by atomic mass is 31.2. The fourth-order valence-corrected chi connectivity index (χ4v) is 4.57. The zero-order valence-electron chi connectivity index (χ0n) is 23.2. The van der Waals surface area contributed by atoms with Gasteiger partial charge in [0.15, 0.2) is 0 Å². The van der Waals surface area contributed by atoms with E-state index in [-0.39, 0.29) is 39.6 Å². The van der Waals surface area contributed by atoms with Crippen LogP contribution < -0.4 is 0 Å². The summed E-state index contributed by atoms with van der Waals surface area (Å²) >= 11 is 0. The highest BCUT2D eigenvalue weighted by molar-refractivity contribution is 7.48. The second kappa shape index (κ2) is 15.8. The lowest BCUT2D eigenvalue weighted by molar-refractivity contribution is 0.0516. The van der Waals surface area contributed by atoms with Gasteiger partial charge in [0.2, 0.25) is 0 Å². The van der Waals surface area contributed by atoms with Crippen molar-refractivity contribution in [1.29, 1.82) is 0 Å². The van der Waals surface area contributed by atoms with E-state index in [0.717, 1.165) is 0 Å². The first-order valence-electron chi connectivity index (χ1n) is 13.1. The number of esters is 3. The molecule has 41 heavy (non-hydrogen) atoms. The van der Waals surface area contributed by atoms with Gasteiger partial charge in [0, 0.05) is 0 Å². The molecule has 0 aromatic heterocycles. The van der Waals surface area contributed by atoms with E-state index >= 15 is 0 Å². The highest BCUT2D eigenvalue weighted by Crippen LogP contribution is 2.51. The lowest BCUT2D eigenvalue weighted by atomic mass is 10.1. The maximum atomic E-state index is 13.6. The number of carbonyl (C=O) groups is 3. The molecular weight excluding hydrogens is 551 g/mol. The lowest BCUT2D eigenvalue weighted by Gasteiger charge is -2.19. The minimum absolute atomic E-state index is 0.121. The van der Waals surface area contributed by atoms with Crippen molar-refractivity contribution in [2.75, 3.05) is 19.8 Å². The zero-order valence-corrected chi connectivity index (χ0v) is 24.1. The molecule has 0 saturated carbocycles. The summed E-state index contributed by atoms with van der Waals surface area (Å²) in [7, 11) is -4.12. The van der Waals surface area contributed by atoms with Gasteiger partial charge < -0.3 is 14.2 Å². The summed E-state index contributed by atoms with van der Waals surface area (Å²) in [6.45, 7) is 5.59. The van der Waals surface area contributed by atoms with Crippen molar-refractivity contribution in [3.8, 4) is 0 Å². The van der Waals surface area contributed by atoms with Gasteiger partial charge in [-0.05, 0) is 73.9 Å². The number of benzene rings is 3. The van der Waals surface area contributed by atoms with E-state index in [0.29, 0.717) is 33.4 Å². The molecule has 0 aliphatic heterocycles. The largest absolute Gasteiger partial charge is 0.475 e. The Bertz CT molecular complexity index is 1170. The molecular formula is C30H33O10P. The molecule has 0 spiro atoms. The van der Waals surface area contributed by atoms with Crippen molar-refractivity contribution in [2.45, 2.75) is 40.6 Å². The third-order valence-corrected chi connectivity index (χ3v) is 6.90. The Morgan fingerprint density at radius 2 is 0.732 bits per heavy atom. The van der Waals surface area contributed by atoms with Crippen LogP contribution in [-0.2, 0) is 52.2 Å². The maximum Gasteiger partial charge on any atom is 0.475 e. The molecule has 0 radical (unpaired) electrons. The van der Waals surface area contributed by atoms with E-state index in [1.54, 1.807) is 93.6 Å². The molecule has 0 amide bonds. The Morgan fingerprint density at radius 1 is 0.488 bits per heavy atom. The average Bonchev–Trinajstić information content (AvgIpc) is 2.99. The molecule has 11 heteroatoms. The van der Waals surface area contributed by atoms with Crippen LogP contribution >= 0.6 is 7.82 Å². The summed E-state index contributed by atoms with van der Waals surface area (Å²) in [5.41, 5.74) is 3.02. The van der Waals surface area contributed by atoms with Crippen LogP contribution in [0.3, 0.4) is 0 Å². The average molecular weight is 585 g/mol. The monoisotopic (exact) mass is 584 g/mol. The second-order valence-corrected chi connectivity index (χ2v) is 10.2. The van der Waals surface area contributed by atoms with E-state index < -0.39 is 25.7 Å². The van der Waals surface area contributed by atoms with Crippen molar-refractivity contribution >= 4 is 25.7 Å². The molecule has 0 aliphatic rings. The normalized spacial score (nSPS) is 11.1. The first-order chi connectivity index (χ1) is 19.8. The van der Waals surface area contributed by atoms with Gasteiger partial charge in [0.05, 0.1) is 56.3 Å². The summed E-state index contributed by atoms with van der Waals surface area (Å²) in [5.74, 6) is -1.33. The summed E-state index contributed by atoms with van der Waals surface area (Å²) in [4.78, 5) is 35.7. The Labute approximate surface area is 239 Å². The number of hydrogen-bond acceptors (Lipinski definition) is 10. The SMILES string of the molecule is CCOC(=O)c1ccc(COP(=O)(OCc2ccc(C(=O)OCC)cc2)OCc2ccc(C(=O)OCC)cc2)cc1. The van der Waals surface area contributed by atoms with E-state index in [9.17, 15) is 18.9 Å². The smallest absolute Gasteiger partial charge is 0.462 e. The molecule has 0 aliphatic carbocycles. The summed E-state index contributed by atoms with van der Waals surface area (Å²) in [6.07, 6.45) is 0. The molecule has 3 aromatic rings. The molecule has 10 nitrogen and oxygen atoms in total. The molecule has 0 unspecified atom stereocenters. The summed E-state index contributed by atoms with van der Waals surface area (Å²) in [5, 5.41) is 0. The number of carbonyl (C=O) groups excluding carboxylic acids is 3. The van der Waals surface area contributed by atoms with Crippen LogP contribution in [-0.4, -0.2) is 37.7 Å². The van der Waals surface area contributed by atoms with E-state index in [4.69, 9.17) is 27.8 Å². The molecule has 0 saturated heterocycles. The Kier molecular flexibility index (Phi) is 12.2. The van der Waals surface area contributed by atoms with Gasteiger partial charge in [0.1, 0.15) is 0 Å². The predicted octanol–water partition coefficient (Wildman–Crippen LogP) is 6.28. The molecule has 0 atom stereocenters.